The molecule has 0 spiro atoms. The van der Waals surface area contributed by atoms with Crippen molar-refractivity contribution in [3.63, 3.8) is 0 Å². The summed E-state index contributed by atoms with van der Waals surface area (Å²) in [5, 5.41) is 0. The van der Waals surface area contributed by atoms with Crippen LogP contribution in [0.25, 0.3) is 0 Å². The molecule has 1 aromatic rings. The van der Waals surface area contributed by atoms with Crippen LogP contribution in [0, 0.1) is 0 Å². The summed E-state index contributed by atoms with van der Waals surface area (Å²) in [6.07, 6.45) is 0. The molecule has 0 unspecified atom stereocenters. The van der Waals surface area contributed by atoms with Gasteiger partial charge in [-0.05, 0) is 12.1 Å². The topological polar surface area (TPSA) is 15.6 Å². The Morgan fingerprint density at radius 3 is 2.17 bits per heavy atom. The van der Waals surface area contributed by atoms with Crippen LogP contribution in [0.5, 0.6) is 0 Å². The second-order valence-electron chi connectivity index (χ2n) is 2.96. The SMILES string of the molecule is CN(C)c1ccc(C2=N[P]2)cc1. The number of benzene rings is 1. The summed E-state index contributed by atoms with van der Waals surface area (Å²) >= 11 is 0. The molecule has 12 heavy (non-hydrogen) atoms. The zero-order chi connectivity index (χ0) is 8.55. The summed E-state index contributed by atoms with van der Waals surface area (Å²) in [4.78, 5) is 2.09. The molecule has 3 heteroatoms. The molecule has 0 saturated heterocycles. The number of hydrogen-bond donors (Lipinski definition) is 0. The van der Waals surface area contributed by atoms with Crippen molar-refractivity contribution in [3.8, 4) is 0 Å². The molecule has 0 aromatic heterocycles. The van der Waals surface area contributed by atoms with Crippen molar-refractivity contribution in [2.24, 2.45) is 4.76 Å². The number of anilines is 1. The predicted molar refractivity (Wildman–Crippen MR) is 54.2 cm³/mol. The average Bonchev–Trinajstić information content (AvgIpc) is 2.87. The third kappa shape index (κ3) is 1.49. The van der Waals surface area contributed by atoms with Gasteiger partial charge in [0.15, 0.2) is 0 Å². The minimum absolute atomic E-state index is 1.14. The summed E-state index contributed by atoms with van der Waals surface area (Å²) in [5.74, 6) is 0. The first-order chi connectivity index (χ1) is 5.77. The number of nitrogens with zero attached hydrogens (tertiary/aromatic N) is 2. The summed E-state index contributed by atoms with van der Waals surface area (Å²) in [6, 6.07) is 8.47. The van der Waals surface area contributed by atoms with E-state index in [1.807, 2.05) is 14.1 Å². The summed E-state index contributed by atoms with van der Waals surface area (Å²) in [7, 11) is 5.23. The zero-order valence-corrected chi connectivity index (χ0v) is 8.05. The maximum Gasteiger partial charge on any atom is 0.121 e. The van der Waals surface area contributed by atoms with Gasteiger partial charge < -0.3 is 4.90 Å². The quantitative estimate of drug-likeness (QED) is 0.633. The number of rotatable bonds is 2. The molecule has 61 valence electrons. The van der Waals surface area contributed by atoms with Crippen LogP contribution in [0.15, 0.2) is 29.0 Å². The second kappa shape index (κ2) is 2.87. The first-order valence-corrected chi connectivity index (χ1v) is 4.68. The normalized spacial score (nSPS) is 16.0. The molecule has 0 bridgehead atoms. The van der Waals surface area contributed by atoms with E-state index in [2.05, 4.69) is 33.9 Å². The lowest BCUT2D eigenvalue weighted by Gasteiger charge is -2.11. The standard InChI is InChI=1S/C9H10N2P/c1-11(2)8-5-3-7(4-6-8)9-10-12-9/h3-6H,1-2H3. The Kier molecular flexibility index (Phi) is 1.86. The van der Waals surface area contributed by atoms with Crippen molar-refractivity contribution in [1.29, 1.82) is 0 Å². The van der Waals surface area contributed by atoms with Gasteiger partial charge in [0.2, 0.25) is 0 Å². The molecule has 0 atom stereocenters. The lowest BCUT2D eigenvalue weighted by molar-refractivity contribution is 1.13. The molecule has 1 heterocycles. The molecule has 2 rings (SSSR count). The van der Waals surface area contributed by atoms with Gasteiger partial charge in [0.1, 0.15) is 8.73 Å². The Morgan fingerprint density at radius 1 is 1.17 bits per heavy atom. The van der Waals surface area contributed by atoms with Gasteiger partial charge in [0, 0.05) is 25.3 Å². The Morgan fingerprint density at radius 2 is 1.75 bits per heavy atom. The molecule has 1 aromatic carbocycles. The van der Waals surface area contributed by atoms with Crippen LogP contribution >= 0.6 is 8.73 Å². The average molecular weight is 177 g/mol. The second-order valence-corrected chi connectivity index (χ2v) is 3.79. The Balaban J connectivity index is 2.24. The Hall–Kier alpha value is -0.880. The molecule has 0 fully saturated rings. The summed E-state index contributed by atoms with van der Waals surface area (Å²) < 4.78 is 4.12. The third-order valence-electron chi connectivity index (χ3n) is 1.84. The highest BCUT2D eigenvalue weighted by Gasteiger charge is 2.13. The predicted octanol–water partition coefficient (Wildman–Crippen LogP) is 2.37. The van der Waals surface area contributed by atoms with E-state index in [-0.39, 0.29) is 0 Å². The third-order valence-corrected chi connectivity index (χ3v) is 2.50. The van der Waals surface area contributed by atoms with Crippen molar-refractivity contribution < 1.29 is 0 Å². The van der Waals surface area contributed by atoms with E-state index in [1.165, 1.54) is 16.7 Å². The van der Waals surface area contributed by atoms with Crippen molar-refractivity contribution in [1.82, 2.24) is 0 Å². The van der Waals surface area contributed by atoms with Gasteiger partial charge in [0.05, 0.1) is 5.45 Å². The van der Waals surface area contributed by atoms with Crippen molar-refractivity contribution >= 4 is 19.9 Å². The van der Waals surface area contributed by atoms with E-state index >= 15 is 0 Å². The van der Waals surface area contributed by atoms with Crippen LogP contribution in [-0.2, 0) is 0 Å². The van der Waals surface area contributed by atoms with E-state index in [1.54, 1.807) is 0 Å². The molecule has 1 aliphatic heterocycles. The largest absolute Gasteiger partial charge is 0.378 e. The summed E-state index contributed by atoms with van der Waals surface area (Å²) in [5.41, 5.74) is 3.69. The van der Waals surface area contributed by atoms with Gasteiger partial charge in [-0.1, -0.05) is 12.1 Å². The molecule has 0 aliphatic carbocycles. The molecular formula is C9H10N2P. The fourth-order valence-corrected chi connectivity index (χ4v) is 1.48. The Bertz CT molecular complexity index is 314. The van der Waals surface area contributed by atoms with Crippen LogP contribution < -0.4 is 4.90 Å². The van der Waals surface area contributed by atoms with E-state index in [0.717, 1.165) is 8.73 Å². The van der Waals surface area contributed by atoms with Crippen LogP contribution in [0.2, 0.25) is 0 Å². The molecular weight excluding hydrogens is 167 g/mol. The van der Waals surface area contributed by atoms with Crippen LogP contribution in [0.4, 0.5) is 5.69 Å². The van der Waals surface area contributed by atoms with Gasteiger partial charge in [-0.3, -0.25) is 0 Å². The van der Waals surface area contributed by atoms with Crippen LogP contribution in [-0.4, -0.2) is 19.5 Å². The van der Waals surface area contributed by atoms with Crippen molar-refractivity contribution in [2.45, 2.75) is 0 Å². The van der Waals surface area contributed by atoms with E-state index < -0.39 is 0 Å². The van der Waals surface area contributed by atoms with Gasteiger partial charge in [0.25, 0.3) is 0 Å². The maximum atomic E-state index is 4.12. The van der Waals surface area contributed by atoms with Gasteiger partial charge in [-0.15, -0.1) is 0 Å². The lowest BCUT2D eigenvalue weighted by atomic mass is 10.2. The van der Waals surface area contributed by atoms with E-state index in [4.69, 9.17) is 0 Å². The van der Waals surface area contributed by atoms with Crippen molar-refractivity contribution in [2.75, 3.05) is 19.0 Å². The number of hydrogen-bond acceptors (Lipinski definition) is 2. The Labute approximate surface area is 74.1 Å². The molecule has 0 amide bonds. The molecule has 0 saturated carbocycles. The summed E-state index contributed by atoms with van der Waals surface area (Å²) in [6.45, 7) is 0. The van der Waals surface area contributed by atoms with Crippen LogP contribution in [0.1, 0.15) is 5.56 Å². The maximum absolute atomic E-state index is 4.12. The van der Waals surface area contributed by atoms with E-state index in [9.17, 15) is 0 Å². The smallest absolute Gasteiger partial charge is 0.121 e. The first kappa shape index (κ1) is 7.75. The molecule has 1 radical (unpaired) electrons. The highest BCUT2D eigenvalue weighted by Crippen LogP contribution is 2.36. The molecule has 0 N–H and O–H groups in total. The van der Waals surface area contributed by atoms with E-state index in [0.29, 0.717) is 0 Å². The minimum Gasteiger partial charge on any atom is -0.378 e. The van der Waals surface area contributed by atoms with Crippen molar-refractivity contribution in [3.05, 3.63) is 29.8 Å². The van der Waals surface area contributed by atoms with Gasteiger partial charge in [-0.25, -0.2) is 4.76 Å². The highest BCUT2D eigenvalue weighted by molar-refractivity contribution is 7.67. The zero-order valence-electron chi connectivity index (χ0n) is 7.15. The van der Waals surface area contributed by atoms with Gasteiger partial charge >= 0.3 is 0 Å². The first-order valence-electron chi connectivity index (χ1n) is 3.84. The fraction of sp³-hybridized carbons (Fsp3) is 0.222. The highest BCUT2D eigenvalue weighted by atomic mass is 31.1. The van der Waals surface area contributed by atoms with Gasteiger partial charge in [-0.2, -0.15) is 0 Å². The monoisotopic (exact) mass is 177 g/mol. The van der Waals surface area contributed by atoms with Crippen LogP contribution in [0.3, 0.4) is 0 Å². The minimum atomic E-state index is 1.14. The fourth-order valence-electron chi connectivity index (χ4n) is 1.05. The lowest BCUT2D eigenvalue weighted by Crippen LogP contribution is -2.08. The molecule has 1 aliphatic rings. The molecule has 2 nitrogen and oxygen atoms in total.